The molecule has 0 amide bonds. The predicted octanol–water partition coefficient (Wildman–Crippen LogP) is 3.52. The van der Waals surface area contributed by atoms with Crippen molar-refractivity contribution in [3.05, 3.63) is 77.5 Å². The fourth-order valence-corrected chi connectivity index (χ4v) is 6.44. The van der Waals surface area contributed by atoms with Gasteiger partial charge in [-0.3, -0.25) is 9.69 Å². The number of likely N-dealkylation sites (N-methyl/N-ethyl adjacent to an activating group) is 1. The number of aryl methyl sites for hydroxylation is 1. The predicted molar refractivity (Wildman–Crippen MR) is 165 cm³/mol. The Balaban J connectivity index is 1.33. The van der Waals surface area contributed by atoms with Gasteiger partial charge in [0.05, 0.1) is 17.8 Å². The summed E-state index contributed by atoms with van der Waals surface area (Å²) in [7, 11) is 4.27. The lowest BCUT2D eigenvalue weighted by atomic mass is 10.1. The summed E-state index contributed by atoms with van der Waals surface area (Å²) in [6.45, 7) is 9.52. The maximum Gasteiger partial charge on any atom is 0.278 e. The number of nitrogens with zero attached hydrogens (tertiary/aromatic N) is 8. The number of fused-ring (bicyclic) bond motifs is 4. The van der Waals surface area contributed by atoms with Gasteiger partial charge < -0.3 is 19.9 Å². The second kappa shape index (κ2) is 9.53. The van der Waals surface area contributed by atoms with Crippen LogP contribution in [0.3, 0.4) is 0 Å². The van der Waals surface area contributed by atoms with Crippen LogP contribution in [0.4, 0.5) is 17.3 Å². The number of aliphatic hydroxyl groups is 1. The highest BCUT2D eigenvalue weighted by molar-refractivity contribution is 5.97. The van der Waals surface area contributed by atoms with Gasteiger partial charge in [-0.15, -0.1) is 6.58 Å². The number of rotatable bonds is 7. The van der Waals surface area contributed by atoms with Gasteiger partial charge in [0.25, 0.3) is 5.56 Å². The zero-order valence-electron chi connectivity index (χ0n) is 24.3. The fraction of sp³-hybridized carbons (Fsp3) is 0.355. The summed E-state index contributed by atoms with van der Waals surface area (Å²) in [5.74, 6) is 0.836. The summed E-state index contributed by atoms with van der Waals surface area (Å²) in [4.78, 5) is 32.4. The molecule has 0 radical (unpaired) electrons. The summed E-state index contributed by atoms with van der Waals surface area (Å²) in [6, 6.07) is 12.9. The van der Waals surface area contributed by atoms with E-state index in [1.165, 1.54) is 22.2 Å². The lowest BCUT2D eigenvalue weighted by Gasteiger charge is -2.34. The summed E-state index contributed by atoms with van der Waals surface area (Å²) >= 11 is 0. The average molecular weight is 566 g/mol. The van der Waals surface area contributed by atoms with Crippen molar-refractivity contribution in [1.29, 1.82) is 0 Å². The minimum Gasteiger partial charge on any atom is -0.384 e. The zero-order chi connectivity index (χ0) is 29.3. The van der Waals surface area contributed by atoms with Crippen LogP contribution in [0.25, 0.3) is 27.8 Å². The Hall–Kier alpha value is -4.48. The van der Waals surface area contributed by atoms with Crippen LogP contribution in [0.5, 0.6) is 0 Å². The Morgan fingerprint density at radius 2 is 1.95 bits per heavy atom. The van der Waals surface area contributed by atoms with Crippen molar-refractivity contribution in [2.75, 3.05) is 30.4 Å². The van der Waals surface area contributed by atoms with Gasteiger partial charge in [0.1, 0.15) is 11.0 Å². The molecule has 2 N–H and O–H groups in total. The first-order chi connectivity index (χ1) is 20.1. The summed E-state index contributed by atoms with van der Waals surface area (Å²) in [5, 5.41) is 15.6. The molecule has 5 aromatic rings. The molecular formula is C31H35N9O2. The van der Waals surface area contributed by atoms with Crippen molar-refractivity contribution in [1.82, 2.24) is 33.8 Å². The molecule has 2 saturated heterocycles. The monoisotopic (exact) mass is 565 g/mol. The van der Waals surface area contributed by atoms with Crippen LogP contribution in [0.1, 0.15) is 26.0 Å². The molecular weight excluding hydrogens is 530 g/mol. The summed E-state index contributed by atoms with van der Waals surface area (Å²) in [5.41, 5.74) is 2.71. The van der Waals surface area contributed by atoms with Crippen molar-refractivity contribution >= 4 is 39.3 Å². The largest absolute Gasteiger partial charge is 0.384 e. The van der Waals surface area contributed by atoms with E-state index in [0.29, 0.717) is 40.6 Å². The van der Waals surface area contributed by atoms with Crippen LogP contribution in [-0.2, 0) is 19.2 Å². The molecule has 216 valence electrons. The lowest BCUT2D eigenvalue weighted by molar-refractivity contribution is 0.0738. The molecule has 4 aromatic heterocycles. The van der Waals surface area contributed by atoms with Crippen molar-refractivity contribution in [3.8, 4) is 5.82 Å². The number of hydrogen-bond acceptors (Lipinski definition) is 8. The van der Waals surface area contributed by atoms with E-state index in [1.54, 1.807) is 42.9 Å². The number of nitrogens with one attached hydrogen (secondary N) is 1. The fourth-order valence-electron chi connectivity index (χ4n) is 6.44. The first kappa shape index (κ1) is 26.4. The number of likely N-dealkylation sites (tertiary alicyclic amines) is 1. The second-order valence-electron chi connectivity index (χ2n) is 12.0. The second-order valence-corrected chi connectivity index (χ2v) is 12.0. The van der Waals surface area contributed by atoms with E-state index in [0.717, 1.165) is 24.3 Å². The van der Waals surface area contributed by atoms with Crippen molar-refractivity contribution in [2.45, 2.75) is 44.5 Å². The van der Waals surface area contributed by atoms with Gasteiger partial charge in [-0.1, -0.05) is 12.1 Å². The molecule has 7 rings (SSSR count). The van der Waals surface area contributed by atoms with E-state index < -0.39 is 5.60 Å². The summed E-state index contributed by atoms with van der Waals surface area (Å²) in [6.07, 6.45) is 6.49. The van der Waals surface area contributed by atoms with Crippen molar-refractivity contribution in [2.24, 2.45) is 7.05 Å². The third-order valence-corrected chi connectivity index (χ3v) is 8.62. The Kier molecular flexibility index (Phi) is 6.00. The molecule has 2 bridgehead atoms. The van der Waals surface area contributed by atoms with E-state index in [2.05, 4.69) is 74.7 Å². The number of benzene rings is 1. The van der Waals surface area contributed by atoms with E-state index >= 15 is 0 Å². The van der Waals surface area contributed by atoms with Gasteiger partial charge in [0.2, 0.25) is 5.95 Å². The molecule has 0 spiro atoms. The number of piperazine rings is 1. The Morgan fingerprint density at radius 1 is 1.12 bits per heavy atom. The van der Waals surface area contributed by atoms with E-state index in [4.69, 9.17) is 4.98 Å². The third-order valence-electron chi connectivity index (χ3n) is 8.62. The maximum atomic E-state index is 13.4. The summed E-state index contributed by atoms with van der Waals surface area (Å²) < 4.78 is 5.33. The molecule has 6 heterocycles. The Labute approximate surface area is 243 Å². The normalized spacial score (nSPS) is 18.9. The number of pyridine rings is 1. The molecule has 0 aliphatic carbocycles. The zero-order valence-corrected chi connectivity index (χ0v) is 24.3. The highest BCUT2D eigenvalue weighted by Crippen LogP contribution is 2.39. The highest BCUT2D eigenvalue weighted by Gasteiger charge is 2.42. The minimum atomic E-state index is -1.15. The van der Waals surface area contributed by atoms with Crippen LogP contribution in [0.15, 0.2) is 66.2 Å². The number of allylic oxidation sites excluding steroid dienone is 1. The molecule has 1 aromatic carbocycles. The van der Waals surface area contributed by atoms with E-state index in [-0.39, 0.29) is 12.1 Å². The molecule has 42 heavy (non-hydrogen) atoms. The first-order valence-corrected chi connectivity index (χ1v) is 14.2. The van der Waals surface area contributed by atoms with Crippen LogP contribution in [-0.4, -0.2) is 71.1 Å². The van der Waals surface area contributed by atoms with Crippen molar-refractivity contribution < 1.29 is 5.11 Å². The standard InChI is InChI=1S/C31H35N9O2/c1-6-11-39-29(41)23-16-32-30(35-28(23)40(39)27-9-7-8-26(34-27)31(2,3)42)33-19-13-24-22(10-12-36(24)4)25(14-19)38-18-20-15-21(38)17-37(20)5/h6-10,12-14,16,20-21,42H,1,11,15,17-18H2,2-5H3,(H,32,33,35)/t20-,21-/m0/s1. The molecule has 0 unspecified atom stereocenters. The smallest absolute Gasteiger partial charge is 0.278 e. The Morgan fingerprint density at radius 3 is 2.67 bits per heavy atom. The lowest BCUT2D eigenvalue weighted by Crippen LogP contribution is -2.44. The molecule has 11 heteroatoms. The molecule has 11 nitrogen and oxygen atoms in total. The number of anilines is 3. The SMILES string of the molecule is C=CCn1c(=O)c2cnc(Nc3cc(N4C[C@@H]5C[C@H]4CN5C)c4ccn(C)c4c3)nc2n1-c1cccc(C(C)(C)O)n1. The van der Waals surface area contributed by atoms with Crippen LogP contribution in [0, 0.1) is 0 Å². The molecule has 2 fully saturated rings. The molecule has 2 atom stereocenters. The molecule has 0 saturated carbocycles. The van der Waals surface area contributed by atoms with Crippen LogP contribution < -0.4 is 15.8 Å². The highest BCUT2D eigenvalue weighted by atomic mass is 16.3. The quantitative estimate of drug-likeness (QED) is 0.289. The third kappa shape index (κ3) is 4.19. The Bertz CT molecular complexity index is 1910. The van der Waals surface area contributed by atoms with E-state index in [1.807, 2.05) is 6.07 Å². The van der Waals surface area contributed by atoms with Gasteiger partial charge in [0.15, 0.2) is 11.5 Å². The van der Waals surface area contributed by atoms with Crippen molar-refractivity contribution in [3.63, 3.8) is 0 Å². The first-order valence-electron chi connectivity index (χ1n) is 14.2. The maximum absolute atomic E-state index is 13.4. The molecule has 2 aliphatic rings. The van der Waals surface area contributed by atoms with Crippen LogP contribution in [0.2, 0.25) is 0 Å². The van der Waals surface area contributed by atoms with Gasteiger partial charge in [-0.05, 0) is 57.6 Å². The minimum absolute atomic E-state index is 0.242. The average Bonchev–Trinajstić information content (AvgIpc) is 3.71. The molecule has 2 aliphatic heterocycles. The van der Waals surface area contributed by atoms with Gasteiger partial charge in [-0.2, -0.15) is 4.98 Å². The van der Waals surface area contributed by atoms with Gasteiger partial charge in [-0.25, -0.2) is 19.3 Å². The van der Waals surface area contributed by atoms with Gasteiger partial charge >= 0.3 is 0 Å². The number of aromatic nitrogens is 6. The topological polar surface area (TPSA) is 109 Å². The van der Waals surface area contributed by atoms with Gasteiger partial charge in [0, 0.05) is 61.4 Å². The number of hydrogen-bond donors (Lipinski definition) is 2. The van der Waals surface area contributed by atoms with Crippen LogP contribution >= 0.6 is 0 Å². The van der Waals surface area contributed by atoms with E-state index in [9.17, 15) is 9.90 Å².